The molecule has 4 aliphatic heterocycles. The minimum Gasteiger partial charge on any atom is -0.481 e. The molecule has 11 heteroatoms. The first-order valence-electron chi connectivity index (χ1n) is 22.3. The van der Waals surface area contributed by atoms with Crippen LogP contribution in [-0.4, -0.2) is 96.9 Å². The summed E-state index contributed by atoms with van der Waals surface area (Å²) < 4.78 is 23.6. The summed E-state index contributed by atoms with van der Waals surface area (Å²) in [5, 5.41) is 9.98. The van der Waals surface area contributed by atoms with Crippen LogP contribution in [0.1, 0.15) is 189 Å². The molecule has 4 fully saturated rings. The maximum atomic E-state index is 12.7. The number of nitrogens with two attached hydrogens (primary N) is 1. The van der Waals surface area contributed by atoms with Gasteiger partial charge in [0.1, 0.15) is 11.2 Å². The van der Waals surface area contributed by atoms with Crippen molar-refractivity contribution < 1.29 is 38.4 Å². The molecule has 3 N–H and O–H groups in total. The molecule has 0 saturated carbocycles. The lowest BCUT2D eigenvalue weighted by Gasteiger charge is -2.47. The minimum absolute atomic E-state index is 0.0950. The van der Waals surface area contributed by atoms with Crippen LogP contribution in [0.15, 0.2) is 0 Å². The Bertz CT molecular complexity index is 1390. The zero-order valence-electron chi connectivity index (χ0n) is 40.2. The summed E-state index contributed by atoms with van der Waals surface area (Å²) in [6, 6.07) is 0.182. The highest BCUT2D eigenvalue weighted by Crippen LogP contribution is 2.45. The van der Waals surface area contributed by atoms with Crippen molar-refractivity contribution in [2.75, 3.05) is 13.1 Å². The molecule has 0 aromatic rings. The Morgan fingerprint density at radius 3 is 1.26 bits per heavy atom. The molecule has 0 aliphatic carbocycles. The van der Waals surface area contributed by atoms with E-state index in [4.69, 9.17) is 24.7 Å². The molecule has 4 heterocycles. The van der Waals surface area contributed by atoms with E-state index >= 15 is 0 Å². The summed E-state index contributed by atoms with van der Waals surface area (Å²) >= 11 is 0. The molecular weight excluding hydrogens is 735 g/mol. The third kappa shape index (κ3) is 15.1. The third-order valence-electron chi connectivity index (χ3n) is 12.6. The number of carboxylic acid groups (broad SMARTS) is 1. The Kier molecular flexibility index (Phi) is 15.3. The van der Waals surface area contributed by atoms with Gasteiger partial charge in [0, 0.05) is 30.2 Å². The number of rotatable bonds is 9. The van der Waals surface area contributed by atoms with E-state index in [2.05, 4.69) is 83.1 Å². The number of carboxylic acids is 1. The van der Waals surface area contributed by atoms with E-state index < -0.39 is 17.2 Å². The molecule has 0 spiro atoms. The van der Waals surface area contributed by atoms with Gasteiger partial charge in [0.2, 0.25) is 0 Å². The summed E-state index contributed by atoms with van der Waals surface area (Å²) in [4.78, 5) is 41.2. The van der Waals surface area contributed by atoms with E-state index in [0.29, 0.717) is 24.8 Å². The van der Waals surface area contributed by atoms with Crippen molar-refractivity contribution in [1.82, 2.24) is 9.80 Å². The van der Waals surface area contributed by atoms with Gasteiger partial charge in [-0.3, -0.25) is 4.79 Å². The molecule has 338 valence electrons. The number of aliphatic carboxylic acids is 1. The number of hydrogen-bond donors (Lipinski definition) is 2. The molecule has 0 aromatic heterocycles. The molecule has 0 aromatic carbocycles. The van der Waals surface area contributed by atoms with E-state index in [9.17, 15) is 19.5 Å². The van der Waals surface area contributed by atoms with Crippen LogP contribution in [0.5, 0.6) is 0 Å². The molecule has 2 amide bonds. The van der Waals surface area contributed by atoms with Crippen molar-refractivity contribution >= 4 is 18.2 Å². The fraction of sp³-hybridized carbons (Fsp3) is 0.936. The summed E-state index contributed by atoms with van der Waals surface area (Å²) in [5.41, 5.74) is 4.35. The van der Waals surface area contributed by atoms with Crippen LogP contribution in [0.4, 0.5) is 9.59 Å². The number of likely N-dealkylation sites (tertiary alicyclic amines) is 2. The molecular formula is C47H87N3O8. The van der Waals surface area contributed by atoms with Gasteiger partial charge in [0.25, 0.3) is 0 Å². The van der Waals surface area contributed by atoms with Gasteiger partial charge in [-0.2, -0.15) is 0 Å². The van der Waals surface area contributed by atoms with Crippen molar-refractivity contribution in [2.24, 2.45) is 35.3 Å². The number of ether oxygens (including phenoxy) is 4. The van der Waals surface area contributed by atoms with Gasteiger partial charge in [0.05, 0.1) is 28.3 Å². The van der Waals surface area contributed by atoms with Crippen LogP contribution < -0.4 is 5.73 Å². The highest BCUT2D eigenvalue weighted by molar-refractivity contribution is 5.71. The van der Waals surface area contributed by atoms with E-state index in [1.807, 2.05) is 51.3 Å². The Morgan fingerprint density at radius 1 is 0.603 bits per heavy atom. The molecule has 11 nitrogen and oxygen atoms in total. The largest absolute Gasteiger partial charge is 0.481 e. The number of hydrogen-bond acceptors (Lipinski definition) is 8. The molecule has 4 aliphatic rings. The lowest BCUT2D eigenvalue weighted by Crippen LogP contribution is -2.49. The quantitative estimate of drug-likeness (QED) is 0.232. The molecule has 4 atom stereocenters. The molecule has 58 heavy (non-hydrogen) atoms. The van der Waals surface area contributed by atoms with E-state index in [-0.39, 0.29) is 69.5 Å². The average Bonchev–Trinajstić information content (AvgIpc) is 3.44. The third-order valence-corrected chi connectivity index (χ3v) is 12.6. The number of nitrogens with zero attached hydrogens (tertiary/aromatic N) is 2. The normalized spacial score (nSPS) is 27.6. The predicted octanol–water partition coefficient (Wildman–Crippen LogP) is 10.6. The van der Waals surface area contributed by atoms with E-state index in [1.54, 1.807) is 0 Å². The first-order valence-corrected chi connectivity index (χ1v) is 22.3. The summed E-state index contributed by atoms with van der Waals surface area (Å²) in [7, 11) is 0. The van der Waals surface area contributed by atoms with Gasteiger partial charge in [-0.05, 0) is 213 Å². The topological polar surface area (TPSA) is 141 Å². The smallest absolute Gasteiger partial charge is 0.410 e. The number of carbonyl (C=O) groups is 3. The standard InChI is InChI=1S/C24H43NO5.C23H44N2O3/c1-21(2,3)29-20(28)25-15-16(12-22(25,4)5)10-11-18(19(26)27)17-13-23(6,7)30-24(8,9)14-17;1-20(2,3)27-19(26)25-15-16(12-21(25,4)5)10-11-18(24)17-13-22(6,7)28-23(8,9)14-17/h16-18H,10-15H2,1-9H3,(H,26,27);16-18H,10-15,24H2,1-9H3/t2*16-,18?/m00/s1. The zero-order valence-corrected chi connectivity index (χ0v) is 40.2. The van der Waals surface area contributed by atoms with E-state index in [1.165, 1.54) is 0 Å². The molecule has 4 saturated heterocycles. The highest BCUT2D eigenvalue weighted by Gasteiger charge is 2.47. The molecule has 0 radical (unpaired) electrons. The summed E-state index contributed by atoms with van der Waals surface area (Å²) in [6.07, 6.45) is 8.42. The van der Waals surface area contributed by atoms with Crippen LogP contribution >= 0.6 is 0 Å². The molecule has 2 unspecified atom stereocenters. The van der Waals surface area contributed by atoms with Crippen LogP contribution in [0.3, 0.4) is 0 Å². The Labute approximate surface area is 353 Å². The van der Waals surface area contributed by atoms with Gasteiger partial charge in [-0.25, -0.2) is 9.59 Å². The maximum absolute atomic E-state index is 12.7. The lowest BCUT2D eigenvalue weighted by molar-refractivity contribution is -0.184. The van der Waals surface area contributed by atoms with Gasteiger partial charge < -0.3 is 39.6 Å². The summed E-state index contributed by atoms with van der Waals surface area (Å²) in [5.74, 6) is 0.248. The van der Waals surface area contributed by atoms with Crippen LogP contribution in [0.2, 0.25) is 0 Å². The average molecular weight is 822 g/mol. The highest BCUT2D eigenvalue weighted by atomic mass is 16.6. The van der Waals surface area contributed by atoms with Gasteiger partial charge in [0.15, 0.2) is 0 Å². The number of carbonyl (C=O) groups excluding carboxylic acids is 2. The van der Waals surface area contributed by atoms with Crippen molar-refractivity contribution in [1.29, 1.82) is 0 Å². The Hall–Kier alpha value is -2.11. The maximum Gasteiger partial charge on any atom is 0.410 e. The molecule has 0 bridgehead atoms. The first kappa shape index (κ1) is 50.2. The molecule has 4 rings (SSSR count). The predicted molar refractivity (Wildman–Crippen MR) is 232 cm³/mol. The van der Waals surface area contributed by atoms with Gasteiger partial charge in [-0.15, -0.1) is 0 Å². The second-order valence-electron chi connectivity index (χ2n) is 24.3. The van der Waals surface area contributed by atoms with Crippen LogP contribution in [-0.2, 0) is 23.7 Å². The van der Waals surface area contributed by atoms with Crippen molar-refractivity contribution in [3.05, 3.63) is 0 Å². The second kappa shape index (κ2) is 17.7. The lowest BCUT2D eigenvalue weighted by atomic mass is 9.72. The number of amides is 2. The zero-order chi connectivity index (χ0) is 44.7. The summed E-state index contributed by atoms with van der Waals surface area (Å²) in [6.45, 7) is 38.1. The SMILES string of the molecule is CC(C)(C)OC(=O)N1C[C@@H](CCC(C(=O)O)C2CC(C)(C)OC(C)(C)C2)CC1(C)C.CC(C)(C)OC(=O)N1C[C@@H](CCC(N)C2CC(C)(C)OC(C)(C)C2)CC1(C)C. The van der Waals surface area contributed by atoms with Gasteiger partial charge >= 0.3 is 18.2 Å². The van der Waals surface area contributed by atoms with E-state index in [0.717, 1.165) is 64.3 Å². The van der Waals surface area contributed by atoms with Crippen molar-refractivity contribution in [3.63, 3.8) is 0 Å². The Morgan fingerprint density at radius 2 is 0.931 bits per heavy atom. The fourth-order valence-corrected chi connectivity index (χ4v) is 11.0. The van der Waals surface area contributed by atoms with Crippen molar-refractivity contribution in [3.8, 4) is 0 Å². The van der Waals surface area contributed by atoms with Gasteiger partial charge in [-0.1, -0.05) is 0 Å². The Balaban J connectivity index is 0.000000311. The van der Waals surface area contributed by atoms with Crippen LogP contribution in [0, 0.1) is 29.6 Å². The minimum atomic E-state index is -0.713. The monoisotopic (exact) mass is 822 g/mol. The fourth-order valence-electron chi connectivity index (χ4n) is 11.0. The second-order valence-corrected chi connectivity index (χ2v) is 24.3. The van der Waals surface area contributed by atoms with Crippen molar-refractivity contribution in [2.45, 2.75) is 240 Å². The first-order chi connectivity index (χ1) is 25.9. The van der Waals surface area contributed by atoms with Crippen LogP contribution in [0.25, 0.3) is 0 Å².